The molecule has 3 nitrogen and oxygen atoms in total. The van der Waals surface area contributed by atoms with Crippen LogP contribution in [0.1, 0.15) is 16.7 Å². The van der Waals surface area contributed by atoms with Crippen LogP contribution in [-0.4, -0.2) is 9.78 Å². The molecule has 3 aromatic rings. The summed E-state index contributed by atoms with van der Waals surface area (Å²) in [7, 11) is 0. The molecule has 0 saturated heterocycles. The van der Waals surface area contributed by atoms with Gasteiger partial charge in [-0.05, 0) is 44.0 Å². The largest absolute Gasteiger partial charge is 0.396 e. The Morgan fingerprint density at radius 1 is 0.857 bits per heavy atom. The van der Waals surface area contributed by atoms with Crippen LogP contribution in [0.4, 0.5) is 5.69 Å². The van der Waals surface area contributed by atoms with Crippen LogP contribution in [0.2, 0.25) is 0 Å². The Balaban J connectivity index is 2.07. The number of rotatable bonds is 2. The summed E-state index contributed by atoms with van der Waals surface area (Å²) in [5.74, 6) is 0. The summed E-state index contributed by atoms with van der Waals surface area (Å²) >= 11 is 0. The maximum Gasteiger partial charge on any atom is 0.116 e. The van der Waals surface area contributed by atoms with Gasteiger partial charge in [0, 0.05) is 5.56 Å². The van der Waals surface area contributed by atoms with Crippen molar-refractivity contribution in [1.82, 2.24) is 9.78 Å². The van der Waals surface area contributed by atoms with Crippen LogP contribution in [0, 0.1) is 20.8 Å². The summed E-state index contributed by atoms with van der Waals surface area (Å²) in [5.41, 5.74) is 13.4. The van der Waals surface area contributed by atoms with Crippen molar-refractivity contribution < 1.29 is 0 Å². The Morgan fingerprint density at radius 2 is 1.48 bits per heavy atom. The zero-order valence-electron chi connectivity index (χ0n) is 12.6. The maximum absolute atomic E-state index is 6.14. The van der Waals surface area contributed by atoms with Crippen LogP contribution in [-0.2, 0) is 0 Å². The van der Waals surface area contributed by atoms with Gasteiger partial charge >= 0.3 is 0 Å². The highest BCUT2D eigenvalue weighted by molar-refractivity contribution is 5.72. The van der Waals surface area contributed by atoms with Crippen molar-refractivity contribution in [3.8, 4) is 16.9 Å². The van der Waals surface area contributed by atoms with Crippen LogP contribution in [0.15, 0.2) is 48.7 Å². The van der Waals surface area contributed by atoms with Gasteiger partial charge < -0.3 is 5.73 Å². The van der Waals surface area contributed by atoms with E-state index in [1.54, 1.807) is 0 Å². The van der Waals surface area contributed by atoms with E-state index < -0.39 is 0 Å². The standard InChI is InChI=1S/C18H19N3/c1-12-4-6-15(7-5-12)18-17(19)11-21(20-18)16-9-13(2)8-14(3)10-16/h4-11H,19H2,1-3H3. The summed E-state index contributed by atoms with van der Waals surface area (Å²) < 4.78 is 1.85. The monoisotopic (exact) mass is 277 g/mol. The van der Waals surface area contributed by atoms with Crippen molar-refractivity contribution in [3.05, 3.63) is 65.4 Å². The lowest BCUT2D eigenvalue weighted by molar-refractivity contribution is 0.881. The smallest absolute Gasteiger partial charge is 0.116 e. The second kappa shape index (κ2) is 5.09. The number of hydrogen-bond donors (Lipinski definition) is 1. The van der Waals surface area contributed by atoms with Crippen molar-refractivity contribution in [2.75, 3.05) is 5.73 Å². The number of aryl methyl sites for hydroxylation is 3. The van der Waals surface area contributed by atoms with Gasteiger partial charge in [-0.15, -0.1) is 0 Å². The molecule has 1 aromatic heterocycles. The predicted molar refractivity (Wildman–Crippen MR) is 87.6 cm³/mol. The Labute approximate surface area is 125 Å². The van der Waals surface area contributed by atoms with Gasteiger partial charge in [0.25, 0.3) is 0 Å². The minimum atomic E-state index is 0.693. The van der Waals surface area contributed by atoms with Gasteiger partial charge in [0.05, 0.1) is 17.6 Å². The molecule has 0 atom stereocenters. The Bertz CT molecular complexity index is 762. The highest BCUT2D eigenvalue weighted by atomic mass is 15.3. The molecule has 0 saturated carbocycles. The number of hydrogen-bond acceptors (Lipinski definition) is 2. The molecule has 21 heavy (non-hydrogen) atoms. The Hall–Kier alpha value is -2.55. The lowest BCUT2D eigenvalue weighted by atomic mass is 10.1. The van der Waals surface area contributed by atoms with E-state index >= 15 is 0 Å². The van der Waals surface area contributed by atoms with Gasteiger partial charge in [-0.25, -0.2) is 4.68 Å². The lowest BCUT2D eigenvalue weighted by Gasteiger charge is -2.04. The Kier molecular flexibility index (Phi) is 3.26. The van der Waals surface area contributed by atoms with Crippen molar-refractivity contribution in [3.63, 3.8) is 0 Å². The molecule has 0 radical (unpaired) electrons. The van der Waals surface area contributed by atoms with E-state index in [4.69, 9.17) is 5.73 Å². The second-order valence-electron chi connectivity index (χ2n) is 5.59. The molecule has 2 N–H and O–H groups in total. The molecule has 3 heteroatoms. The first-order valence-corrected chi connectivity index (χ1v) is 7.04. The van der Waals surface area contributed by atoms with E-state index in [2.05, 4.69) is 68.3 Å². The average molecular weight is 277 g/mol. The van der Waals surface area contributed by atoms with Gasteiger partial charge in [-0.3, -0.25) is 0 Å². The van der Waals surface area contributed by atoms with Crippen molar-refractivity contribution >= 4 is 5.69 Å². The summed E-state index contributed by atoms with van der Waals surface area (Å²) in [6.07, 6.45) is 1.88. The molecule has 0 aliphatic rings. The normalized spacial score (nSPS) is 10.8. The molecular weight excluding hydrogens is 258 g/mol. The quantitative estimate of drug-likeness (QED) is 0.768. The highest BCUT2D eigenvalue weighted by Crippen LogP contribution is 2.26. The van der Waals surface area contributed by atoms with Crippen molar-refractivity contribution in [2.45, 2.75) is 20.8 Å². The molecule has 0 aliphatic heterocycles. The van der Waals surface area contributed by atoms with Crippen LogP contribution < -0.4 is 5.73 Å². The van der Waals surface area contributed by atoms with Crippen molar-refractivity contribution in [2.24, 2.45) is 0 Å². The van der Waals surface area contributed by atoms with E-state index in [1.807, 2.05) is 10.9 Å². The number of nitrogen functional groups attached to an aromatic ring is 1. The first kappa shape index (κ1) is 13.4. The molecule has 0 unspecified atom stereocenters. The molecule has 0 bridgehead atoms. The van der Waals surface area contributed by atoms with Crippen LogP contribution in [0.5, 0.6) is 0 Å². The third kappa shape index (κ3) is 2.68. The fourth-order valence-corrected chi connectivity index (χ4v) is 2.54. The zero-order chi connectivity index (χ0) is 15.0. The first-order valence-electron chi connectivity index (χ1n) is 7.04. The molecular formula is C18H19N3. The number of benzene rings is 2. The summed E-state index contributed by atoms with van der Waals surface area (Å²) in [4.78, 5) is 0. The minimum absolute atomic E-state index is 0.693. The zero-order valence-corrected chi connectivity index (χ0v) is 12.6. The molecule has 0 amide bonds. The number of aromatic nitrogens is 2. The number of anilines is 1. The molecule has 1 heterocycles. The van der Waals surface area contributed by atoms with Crippen LogP contribution in [0.3, 0.4) is 0 Å². The SMILES string of the molecule is Cc1ccc(-c2nn(-c3cc(C)cc(C)c3)cc2N)cc1. The Morgan fingerprint density at radius 3 is 2.10 bits per heavy atom. The highest BCUT2D eigenvalue weighted by Gasteiger charge is 2.10. The summed E-state index contributed by atoms with van der Waals surface area (Å²) in [6.45, 7) is 6.25. The van der Waals surface area contributed by atoms with E-state index in [1.165, 1.54) is 16.7 Å². The van der Waals surface area contributed by atoms with E-state index in [0.717, 1.165) is 16.9 Å². The van der Waals surface area contributed by atoms with E-state index in [9.17, 15) is 0 Å². The number of nitrogens with two attached hydrogens (primary N) is 1. The molecule has 3 rings (SSSR count). The van der Waals surface area contributed by atoms with Crippen LogP contribution in [0.25, 0.3) is 16.9 Å². The van der Waals surface area contributed by atoms with Gasteiger partial charge in [-0.2, -0.15) is 5.10 Å². The maximum atomic E-state index is 6.14. The summed E-state index contributed by atoms with van der Waals surface area (Å²) in [6, 6.07) is 14.6. The minimum Gasteiger partial charge on any atom is -0.396 e. The summed E-state index contributed by atoms with van der Waals surface area (Å²) in [5, 5.41) is 4.65. The topological polar surface area (TPSA) is 43.8 Å². The third-order valence-electron chi connectivity index (χ3n) is 3.54. The third-order valence-corrected chi connectivity index (χ3v) is 3.54. The molecule has 106 valence electrons. The van der Waals surface area contributed by atoms with Gasteiger partial charge in [-0.1, -0.05) is 35.9 Å². The lowest BCUT2D eigenvalue weighted by Crippen LogP contribution is -1.96. The van der Waals surface area contributed by atoms with Gasteiger partial charge in [0.15, 0.2) is 0 Å². The molecule has 2 aromatic carbocycles. The van der Waals surface area contributed by atoms with Gasteiger partial charge in [0.1, 0.15) is 5.69 Å². The average Bonchev–Trinajstić information content (AvgIpc) is 2.81. The molecule has 0 aliphatic carbocycles. The number of nitrogens with zero attached hydrogens (tertiary/aromatic N) is 2. The van der Waals surface area contributed by atoms with Crippen molar-refractivity contribution in [1.29, 1.82) is 0 Å². The predicted octanol–water partition coefficient (Wildman–Crippen LogP) is 4.05. The van der Waals surface area contributed by atoms with Gasteiger partial charge in [0.2, 0.25) is 0 Å². The van der Waals surface area contributed by atoms with Crippen LogP contribution >= 0.6 is 0 Å². The fourth-order valence-electron chi connectivity index (χ4n) is 2.54. The van der Waals surface area contributed by atoms with E-state index in [-0.39, 0.29) is 0 Å². The first-order chi connectivity index (χ1) is 10.0. The second-order valence-corrected chi connectivity index (χ2v) is 5.59. The molecule has 0 spiro atoms. The fraction of sp³-hybridized carbons (Fsp3) is 0.167. The molecule has 0 fully saturated rings. The van der Waals surface area contributed by atoms with E-state index in [0.29, 0.717) is 5.69 Å².